The second-order valence-corrected chi connectivity index (χ2v) is 10.6. The minimum absolute atomic E-state index is 0.0176. The van der Waals surface area contributed by atoms with Gasteiger partial charge in [-0.2, -0.15) is 0 Å². The minimum Gasteiger partial charge on any atom is -0.493 e. The van der Waals surface area contributed by atoms with E-state index in [1.54, 1.807) is 30.3 Å². The third-order valence-electron chi connectivity index (χ3n) is 4.46. The van der Waals surface area contributed by atoms with Crippen LogP contribution in [0.1, 0.15) is 33.6 Å². The molecule has 0 fully saturated rings. The lowest BCUT2D eigenvalue weighted by molar-refractivity contribution is 0.373. The molecule has 1 N–H and O–H groups in total. The van der Waals surface area contributed by atoms with E-state index in [9.17, 15) is 8.42 Å². The maximum atomic E-state index is 12.8. The van der Waals surface area contributed by atoms with Crippen LogP contribution < -0.4 is 14.2 Å². The summed E-state index contributed by atoms with van der Waals surface area (Å²) in [6.07, 6.45) is 4.27. The Balaban J connectivity index is 1.99. The van der Waals surface area contributed by atoms with Crippen LogP contribution in [0.4, 0.5) is 5.82 Å². The highest BCUT2D eigenvalue weighted by Gasteiger charge is 2.23. The number of aromatic nitrogens is 4. The first-order valence-corrected chi connectivity index (χ1v) is 12.3. The molecule has 33 heavy (non-hydrogen) atoms. The molecule has 3 aromatic rings. The van der Waals surface area contributed by atoms with Crippen molar-refractivity contribution in [2.75, 3.05) is 17.6 Å². The fourth-order valence-electron chi connectivity index (χ4n) is 2.90. The van der Waals surface area contributed by atoms with Crippen LogP contribution in [0, 0.1) is 5.41 Å². The average Bonchev–Trinajstić information content (AvgIpc) is 2.75. The monoisotopic (exact) mass is 491 g/mol. The van der Waals surface area contributed by atoms with Gasteiger partial charge in [0.15, 0.2) is 28.3 Å². The highest BCUT2D eigenvalue weighted by Crippen LogP contribution is 2.39. The number of sulfonamides is 1. The standard InChI is InChI=1S/C22H26ClN5O4S/c1-22(2,3)11-7-14-33(29,30)28-19-17(32-16-10-6-5-9-15(16)31-4)18(23)26-21(27-19)20-24-12-8-13-25-20/h5-6,8-10,12-13H,7,11,14H2,1-4H3,(H,26,27,28). The second kappa shape index (κ2) is 10.3. The molecule has 9 nitrogen and oxygen atoms in total. The Labute approximate surface area is 198 Å². The van der Waals surface area contributed by atoms with Crippen molar-refractivity contribution in [2.24, 2.45) is 5.41 Å². The molecule has 0 aliphatic heterocycles. The number of ether oxygens (including phenoxy) is 2. The summed E-state index contributed by atoms with van der Waals surface area (Å²) in [5.74, 6) is 0.749. The van der Waals surface area contributed by atoms with Crippen LogP contribution in [0.15, 0.2) is 42.7 Å². The number of halogens is 1. The molecule has 0 amide bonds. The highest BCUT2D eigenvalue weighted by molar-refractivity contribution is 7.92. The molecule has 1 aromatic carbocycles. The molecule has 0 spiro atoms. The van der Waals surface area contributed by atoms with Gasteiger partial charge in [0.2, 0.25) is 21.6 Å². The summed E-state index contributed by atoms with van der Waals surface area (Å²) < 4.78 is 39.4. The lowest BCUT2D eigenvalue weighted by Crippen LogP contribution is -2.20. The number of nitrogens with zero attached hydrogens (tertiary/aromatic N) is 4. The zero-order chi connectivity index (χ0) is 24.1. The van der Waals surface area contributed by atoms with Crippen molar-refractivity contribution < 1.29 is 17.9 Å². The van der Waals surface area contributed by atoms with Crippen LogP contribution in [0.5, 0.6) is 17.2 Å². The van der Waals surface area contributed by atoms with E-state index in [4.69, 9.17) is 21.1 Å². The van der Waals surface area contributed by atoms with E-state index in [1.807, 2.05) is 0 Å². The predicted octanol–water partition coefficient (Wildman–Crippen LogP) is 4.96. The van der Waals surface area contributed by atoms with E-state index in [0.717, 1.165) is 6.42 Å². The van der Waals surface area contributed by atoms with E-state index in [0.29, 0.717) is 17.9 Å². The molecule has 176 valence electrons. The largest absolute Gasteiger partial charge is 0.493 e. The first kappa shape index (κ1) is 24.7. The van der Waals surface area contributed by atoms with Crippen LogP contribution >= 0.6 is 11.6 Å². The van der Waals surface area contributed by atoms with Gasteiger partial charge in [-0.05, 0) is 36.5 Å². The summed E-state index contributed by atoms with van der Waals surface area (Å²) in [6.45, 7) is 6.17. The van der Waals surface area contributed by atoms with Crippen molar-refractivity contribution in [3.8, 4) is 28.9 Å². The zero-order valence-corrected chi connectivity index (χ0v) is 20.4. The number of methoxy groups -OCH3 is 1. The molecule has 2 aromatic heterocycles. The van der Waals surface area contributed by atoms with Gasteiger partial charge in [-0.25, -0.2) is 28.4 Å². The van der Waals surface area contributed by atoms with Crippen LogP contribution in [0.3, 0.4) is 0 Å². The van der Waals surface area contributed by atoms with Crippen molar-refractivity contribution >= 4 is 27.4 Å². The van der Waals surface area contributed by atoms with E-state index < -0.39 is 10.0 Å². The van der Waals surface area contributed by atoms with Gasteiger partial charge in [0.05, 0.1) is 12.9 Å². The molecule has 0 radical (unpaired) electrons. The highest BCUT2D eigenvalue weighted by atomic mass is 35.5. The van der Waals surface area contributed by atoms with E-state index >= 15 is 0 Å². The smallest absolute Gasteiger partial charge is 0.233 e. The van der Waals surface area contributed by atoms with Gasteiger partial charge >= 0.3 is 0 Å². The Morgan fingerprint density at radius 2 is 1.67 bits per heavy atom. The molecule has 0 saturated heterocycles. The number of anilines is 1. The summed E-state index contributed by atoms with van der Waals surface area (Å²) in [6, 6.07) is 8.52. The summed E-state index contributed by atoms with van der Waals surface area (Å²) in [4.78, 5) is 16.8. The Morgan fingerprint density at radius 3 is 2.30 bits per heavy atom. The first-order valence-electron chi connectivity index (χ1n) is 10.2. The summed E-state index contributed by atoms with van der Waals surface area (Å²) in [7, 11) is -2.26. The first-order chi connectivity index (χ1) is 15.6. The topological polar surface area (TPSA) is 116 Å². The number of rotatable bonds is 9. The third-order valence-corrected chi connectivity index (χ3v) is 6.05. The normalized spacial score (nSPS) is 11.8. The lowest BCUT2D eigenvalue weighted by Gasteiger charge is -2.18. The van der Waals surface area contributed by atoms with Crippen molar-refractivity contribution in [1.82, 2.24) is 19.9 Å². The third kappa shape index (κ3) is 7.00. The maximum Gasteiger partial charge on any atom is 0.233 e. The van der Waals surface area contributed by atoms with Gasteiger partial charge in [0.1, 0.15) is 0 Å². The number of nitrogens with one attached hydrogen (secondary N) is 1. The van der Waals surface area contributed by atoms with Crippen molar-refractivity contribution in [2.45, 2.75) is 33.6 Å². The van der Waals surface area contributed by atoms with Gasteiger partial charge in [0, 0.05) is 12.4 Å². The Bertz CT molecular complexity index is 1200. The molecule has 3 rings (SSSR count). The van der Waals surface area contributed by atoms with Crippen LogP contribution in [-0.2, 0) is 10.0 Å². The van der Waals surface area contributed by atoms with Gasteiger partial charge < -0.3 is 9.47 Å². The number of hydrogen-bond donors (Lipinski definition) is 1. The number of hydrogen-bond acceptors (Lipinski definition) is 8. The SMILES string of the molecule is COc1ccccc1Oc1c(Cl)nc(-c2ncccn2)nc1NS(=O)(=O)CCCC(C)(C)C. The minimum atomic E-state index is -3.75. The summed E-state index contributed by atoms with van der Waals surface area (Å²) in [5.41, 5.74) is 0.0176. The molecule has 2 heterocycles. The average molecular weight is 492 g/mol. The number of benzene rings is 1. The van der Waals surface area contributed by atoms with Crippen LogP contribution in [0.25, 0.3) is 11.6 Å². The molecule has 0 aliphatic rings. The molecule has 0 saturated carbocycles. The molecule has 0 unspecified atom stereocenters. The summed E-state index contributed by atoms with van der Waals surface area (Å²) in [5, 5.41) is -0.106. The Morgan fingerprint density at radius 1 is 1.00 bits per heavy atom. The fourth-order valence-corrected chi connectivity index (χ4v) is 4.17. The van der Waals surface area contributed by atoms with E-state index in [2.05, 4.69) is 45.4 Å². The number of para-hydroxylation sites is 2. The molecule has 11 heteroatoms. The lowest BCUT2D eigenvalue weighted by atomic mass is 9.91. The predicted molar refractivity (Wildman–Crippen MR) is 127 cm³/mol. The van der Waals surface area contributed by atoms with Gasteiger partial charge in [0.25, 0.3) is 0 Å². The summed E-state index contributed by atoms with van der Waals surface area (Å²) >= 11 is 6.42. The molecular weight excluding hydrogens is 466 g/mol. The fraction of sp³-hybridized carbons (Fsp3) is 0.364. The van der Waals surface area contributed by atoms with Crippen LogP contribution in [-0.4, -0.2) is 41.2 Å². The van der Waals surface area contributed by atoms with Gasteiger partial charge in [-0.3, -0.25) is 4.72 Å². The quantitative estimate of drug-likeness (QED) is 0.417. The van der Waals surface area contributed by atoms with E-state index in [1.165, 1.54) is 19.5 Å². The van der Waals surface area contributed by atoms with Crippen molar-refractivity contribution in [3.05, 3.63) is 47.9 Å². The molecular formula is C22H26ClN5O4S. The zero-order valence-electron chi connectivity index (χ0n) is 18.9. The van der Waals surface area contributed by atoms with Crippen molar-refractivity contribution in [3.63, 3.8) is 0 Å². The van der Waals surface area contributed by atoms with Crippen LogP contribution in [0.2, 0.25) is 5.15 Å². The Kier molecular flexibility index (Phi) is 7.70. The molecule has 0 bridgehead atoms. The maximum absolute atomic E-state index is 12.8. The van der Waals surface area contributed by atoms with E-state index in [-0.39, 0.29) is 39.5 Å². The van der Waals surface area contributed by atoms with Gasteiger partial charge in [-0.1, -0.05) is 44.5 Å². The van der Waals surface area contributed by atoms with Gasteiger partial charge in [-0.15, -0.1) is 0 Å². The molecule has 0 atom stereocenters. The van der Waals surface area contributed by atoms with Crippen molar-refractivity contribution in [1.29, 1.82) is 0 Å². The second-order valence-electron chi connectivity index (χ2n) is 8.43. The molecule has 0 aliphatic carbocycles. The Hall–Kier alpha value is -2.98.